The maximum atomic E-state index is 12.5. The first-order chi connectivity index (χ1) is 14.1. The van der Waals surface area contributed by atoms with Gasteiger partial charge in [0, 0.05) is 29.7 Å². The van der Waals surface area contributed by atoms with Crippen molar-refractivity contribution in [3.63, 3.8) is 0 Å². The summed E-state index contributed by atoms with van der Waals surface area (Å²) in [7, 11) is 4.75. The molecule has 0 amide bonds. The van der Waals surface area contributed by atoms with Gasteiger partial charge in [0.2, 0.25) is 0 Å². The molecule has 29 heavy (non-hydrogen) atoms. The Morgan fingerprint density at radius 1 is 1.31 bits per heavy atom. The van der Waals surface area contributed by atoms with E-state index in [0.29, 0.717) is 11.5 Å². The molecule has 6 heteroatoms. The van der Waals surface area contributed by atoms with Gasteiger partial charge in [0.25, 0.3) is 0 Å². The Hall–Kier alpha value is -2.47. The highest BCUT2D eigenvalue weighted by molar-refractivity contribution is 5.91. The molecule has 1 aromatic heterocycles. The second-order valence-corrected chi connectivity index (χ2v) is 7.97. The second-order valence-electron chi connectivity index (χ2n) is 7.97. The Bertz CT molecular complexity index is 932. The molecular weight excluding hydrogens is 368 g/mol. The lowest BCUT2D eigenvalue weighted by Gasteiger charge is -2.46. The Morgan fingerprint density at radius 3 is 2.83 bits per heavy atom. The van der Waals surface area contributed by atoms with Crippen LogP contribution in [0.4, 0.5) is 0 Å². The number of H-pyrrole nitrogens is 1. The Kier molecular flexibility index (Phi) is 5.54. The van der Waals surface area contributed by atoms with E-state index in [4.69, 9.17) is 14.2 Å². The number of fused-ring (bicyclic) bond motifs is 5. The van der Waals surface area contributed by atoms with Crippen molar-refractivity contribution in [1.29, 1.82) is 0 Å². The van der Waals surface area contributed by atoms with Crippen LogP contribution in [0.5, 0.6) is 5.75 Å². The van der Waals surface area contributed by atoms with Crippen LogP contribution in [-0.4, -0.2) is 50.3 Å². The minimum atomic E-state index is -0.293. The number of hydrogen-bond donors (Lipinski definition) is 1. The number of benzene rings is 1. The third-order valence-corrected chi connectivity index (χ3v) is 6.67. The first kappa shape index (κ1) is 19.8. The van der Waals surface area contributed by atoms with Gasteiger partial charge >= 0.3 is 5.97 Å². The molecule has 1 N–H and O–H groups in total. The van der Waals surface area contributed by atoms with Crippen LogP contribution in [0.3, 0.4) is 0 Å². The number of carbonyl (C=O) groups is 1. The van der Waals surface area contributed by atoms with E-state index >= 15 is 0 Å². The van der Waals surface area contributed by atoms with Gasteiger partial charge in [-0.05, 0) is 42.4 Å². The van der Waals surface area contributed by atoms with E-state index in [-0.39, 0.29) is 17.9 Å². The summed E-state index contributed by atoms with van der Waals surface area (Å²) in [5.74, 6) is 1.12. The molecule has 0 spiro atoms. The molecule has 2 aliphatic rings. The first-order valence-electron chi connectivity index (χ1n) is 10.4. The maximum Gasteiger partial charge on any atom is 0.337 e. The summed E-state index contributed by atoms with van der Waals surface area (Å²) in [5.41, 5.74) is 4.37. The lowest BCUT2D eigenvalue weighted by molar-refractivity contribution is -0.137. The second kappa shape index (κ2) is 8.11. The summed E-state index contributed by atoms with van der Waals surface area (Å²) < 4.78 is 16.0. The monoisotopic (exact) mass is 398 g/mol. The summed E-state index contributed by atoms with van der Waals surface area (Å²) in [6.45, 7) is 4.19. The summed E-state index contributed by atoms with van der Waals surface area (Å²) in [6, 6.07) is 6.40. The molecule has 0 saturated carbocycles. The van der Waals surface area contributed by atoms with E-state index in [0.717, 1.165) is 43.6 Å². The van der Waals surface area contributed by atoms with Crippen molar-refractivity contribution >= 4 is 16.9 Å². The number of methoxy groups -OCH3 is 3. The fourth-order valence-corrected chi connectivity index (χ4v) is 5.28. The van der Waals surface area contributed by atoms with Crippen molar-refractivity contribution in [2.45, 2.75) is 32.2 Å². The molecule has 2 aromatic rings. The molecule has 0 aliphatic carbocycles. The average molecular weight is 399 g/mol. The molecule has 1 saturated heterocycles. The number of rotatable bonds is 5. The smallest absolute Gasteiger partial charge is 0.337 e. The number of hydrogen-bond acceptors (Lipinski definition) is 5. The number of piperidine rings is 1. The van der Waals surface area contributed by atoms with Crippen LogP contribution in [0.25, 0.3) is 10.9 Å². The quantitative estimate of drug-likeness (QED) is 0.471. The van der Waals surface area contributed by atoms with E-state index in [2.05, 4.69) is 22.9 Å². The van der Waals surface area contributed by atoms with Gasteiger partial charge in [-0.3, -0.25) is 4.90 Å². The molecular formula is C23H30N2O4. The van der Waals surface area contributed by atoms with Crippen LogP contribution < -0.4 is 4.74 Å². The highest BCUT2D eigenvalue weighted by atomic mass is 16.5. The molecule has 156 valence electrons. The predicted molar refractivity (Wildman–Crippen MR) is 112 cm³/mol. The first-order valence-corrected chi connectivity index (χ1v) is 10.4. The van der Waals surface area contributed by atoms with Gasteiger partial charge in [-0.25, -0.2) is 4.79 Å². The predicted octanol–water partition coefficient (Wildman–Crippen LogP) is 3.83. The van der Waals surface area contributed by atoms with E-state index in [9.17, 15) is 4.79 Å². The van der Waals surface area contributed by atoms with Crippen LogP contribution >= 0.6 is 0 Å². The average Bonchev–Trinajstić information content (AvgIpc) is 3.15. The molecule has 3 atom stereocenters. The van der Waals surface area contributed by atoms with Crippen LogP contribution in [0, 0.1) is 11.8 Å². The number of nitrogens with one attached hydrogen (secondary N) is 1. The van der Waals surface area contributed by atoms with Crippen LogP contribution in [0.1, 0.15) is 37.1 Å². The van der Waals surface area contributed by atoms with Gasteiger partial charge in [0.1, 0.15) is 5.75 Å². The third kappa shape index (κ3) is 3.29. The van der Waals surface area contributed by atoms with Crippen LogP contribution in [0.15, 0.2) is 30.0 Å². The molecule has 1 aromatic carbocycles. The zero-order valence-corrected chi connectivity index (χ0v) is 17.7. The van der Waals surface area contributed by atoms with Crippen molar-refractivity contribution in [3.8, 4) is 5.75 Å². The SMILES string of the molecule is CC[C@@H]1CN2CCc3c([nH]c4cccc(OC)c34)[C@@H]2C[C@H]1/C(=C/OC)C(=O)OC. The summed E-state index contributed by atoms with van der Waals surface area (Å²) in [4.78, 5) is 18.7. The number of ether oxygens (including phenoxy) is 3. The summed E-state index contributed by atoms with van der Waals surface area (Å²) in [5, 5.41) is 1.19. The van der Waals surface area contributed by atoms with E-state index in [1.54, 1.807) is 20.5 Å². The van der Waals surface area contributed by atoms with Crippen molar-refractivity contribution in [2.75, 3.05) is 34.4 Å². The fraction of sp³-hybridized carbons (Fsp3) is 0.522. The Balaban J connectivity index is 1.76. The van der Waals surface area contributed by atoms with Crippen molar-refractivity contribution < 1.29 is 19.0 Å². The van der Waals surface area contributed by atoms with Gasteiger partial charge in [0.15, 0.2) is 0 Å². The molecule has 0 radical (unpaired) electrons. The molecule has 2 aliphatic heterocycles. The Morgan fingerprint density at radius 2 is 2.14 bits per heavy atom. The molecule has 0 unspecified atom stereocenters. The largest absolute Gasteiger partial charge is 0.504 e. The number of aromatic nitrogens is 1. The molecule has 1 fully saturated rings. The number of aromatic amines is 1. The minimum absolute atomic E-state index is 0.105. The zero-order valence-electron chi connectivity index (χ0n) is 17.7. The van der Waals surface area contributed by atoms with Crippen LogP contribution in [0.2, 0.25) is 0 Å². The maximum absolute atomic E-state index is 12.5. The van der Waals surface area contributed by atoms with Crippen molar-refractivity contribution in [3.05, 3.63) is 41.3 Å². The topological polar surface area (TPSA) is 63.8 Å². The highest BCUT2D eigenvalue weighted by Gasteiger charge is 2.42. The van der Waals surface area contributed by atoms with E-state index < -0.39 is 0 Å². The normalized spacial score (nSPS) is 24.7. The standard InChI is InChI=1S/C23H30N2O4/c1-5-14-12-25-10-9-15-21-18(7-6-8-20(21)28-3)24-22(15)19(25)11-16(14)17(13-27-2)23(26)29-4/h6-8,13-14,16,19,24H,5,9-12H2,1-4H3/b17-13-/t14-,16-,19+/m1/s1. The molecule has 6 nitrogen and oxygen atoms in total. The van der Waals surface area contributed by atoms with E-state index in [1.165, 1.54) is 23.8 Å². The van der Waals surface area contributed by atoms with Gasteiger partial charge in [0.05, 0.1) is 39.2 Å². The highest BCUT2D eigenvalue weighted by Crippen LogP contribution is 2.47. The van der Waals surface area contributed by atoms with E-state index in [1.807, 2.05) is 12.1 Å². The lowest BCUT2D eigenvalue weighted by atomic mass is 9.74. The van der Waals surface area contributed by atoms with Crippen molar-refractivity contribution in [2.24, 2.45) is 11.8 Å². The third-order valence-electron chi connectivity index (χ3n) is 6.67. The molecule has 4 rings (SSSR count). The van der Waals surface area contributed by atoms with Crippen LogP contribution in [-0.2, 0) is 20.7 Å². The molecule has 3 heterocycles. The Labute approximate surface area is 171 Å². The summed E-state index contributed by atoms with van der Waals surface area (Å²) in [6.07, 6.45) is 4.46. The van der Waals surface area contributed by atoms with Gasteiger partial charge in [-0.1, -0.05) is 19.4 Å². The minimum Gasteiger partial charge on any atom is -0.504 e. The fourth-order valence-electron chi connectivity index (χ4n) is 5.28. The molecule has 0 bridgehead atoms. The van der Waals surface area contributed by atoms with Gasteiger partial charge in [-0.15, -0.1) is 0 Å². The number of esters is 1. The number of carbonyl (C=O) groups excluding carboxylic acids is 1. The lowest BCUT2D eigenvalue weighted by Crippen LogP contribution is -2.47. The zero-order chi connectivity index (χ0) is 20.5. The van der Waals surface area contributed by atoms with Gasteiger partial charge < -0.3 is 19.2 Å². The number of nitrogens with zero attached hydrogens (tertiary/aromatic N) is 1. The summed E-state index contributed by atoms with van der Waals surface area (Å²) >= 11 is 0. The van der Waals surface area contributed by atoms with Crippen molar-refractivity contribution in [1.82, 2.24) is 9.88 Å². The van der Waals surface area contributed by atoms with Gasteiger partial charge in [-0.2, -0.15) is 0 Å².